The molecule has 1 unspecified atom stereocenters. The number of benzene rings is 2. The van der Waals surface area contributed by atoms with Crippen molar-refractivity contribution in [3.8, 4) is 0 Å². The minimum absolute atomic E-state index is 0.0970. The molecule has 6 atom stereocenters. The van der Waals surface area contributed by atoms with E-state index in [2.05, 4.69) is 5.32 Å². The Bertz CT molecular complexity index is 1030. The monoisotopic (exact) mass is 535 g/mol. The maximum Gasteiger partial charge on any atom is 0.477 e. The molecule has 0 spiro atoms. The minimum Gasteiger partial charge on any atom is -0.368 e. The molecule has 2 heterocycles. The van der Waals surface area contributed by atoms with Gasteiger partial charge >= 0.3 is 7.82 Å². The van der Waals surface area contributed by atoms with Crippen LogP contribution >= 0.6 is 7.82 Å². The van der Waals surface area contributed by atoms with Crippen LogP contribution in [0, 0.1) is 0 Å². The summed E-state index contributed by atoms with van der Waals surface area (Å²) in [5, 5.41) is 2.85. The SMILES string of the molecule is CCOP(=O)(OCC)O[C@H]1O[C@@H]2COC(c3ccccc3)O[C@H]2[C@H](OCc2ccccc2)[C@H]1NC(C)=O. The third kappa shape index (κ3) is 7.25. The first-order valence-electron chi connectivity index (χ1n) is 12.4. The lowest BCUT2D eigenvalue weighted by molar-refractivity contribution is -0.340. The number of ether oxygens (including phenoxy) is 4. The van der Waals surface area contributed by atoms with Crippen LogP contribution in [0.2, 0.25) is 0 Å². The van der Waals surface area contributed by atoms with E-state index in [1.807, 2.05) is 60.7 Å². The molecule has 1 amide bonds. The fraction of sp³-hybridized carbons (Fsp3) is 0.500. The van der Waals surface area contributed by atoms with Gasteiger partial charge in [0.1, 0.15) is 24.4 Å². The molecule has 202 valence electrons. The predicted molar refractivity (Wildman–Crippen MR) is 133 cm³/mol. The number of carbonyl (C=O) groups excluding carboxylic acids is 1. The highest BCUT2D eigenvalue weighted by Gasteiger charge is 2.53. The molecule has 2 aliphatic heterocycles. The Balaban J connectivity index is 1.64. The van der Waals surface area contributed by atoms with Gasteiger partial charge in [-0.25, -0.2) is 4.57 Å². The summed E-state index contributed by atoms with van der Waals surface area (Å²) in [6, 6.07) is 18.3. The van der Waals surface area contributed by atoms with Crippen LogP contribution in [-0.2, 0) is 48.5 Å². The second-order valence-electron chi connectivity index (χ2n) is 8.60. The highest BCUT2D eigenvalue weighted by molar-refractivity contribution is 7.48. The van der Waals surface area contributed by atoms with Crippen molar-refractivity contribution in [3.05, 3.63) is 71.8 Å². The third-order valence-electron chi connectivity index (χ3n) is 5.87. The maximum absolute atomic E-state index is 13.2. The largest absolute Gasteiger partial charge is 0.477 e. The van der Waals surface area contributed by atoms with Gasteiger partial charge in [-0.15, -0.1) is 0 Å². The molecule has 0 aliphatic carbocycles. The first-order valence-corrected chi connectivity index (χ1v) is 13.9. The van der Waals surface area contributed by atoms with Crippen LogP contribution in [0.25, 0.3) is 0 Å². The third-order valence-corrected chi connectivity index (χ3v) is 7.49. The number of hydrogen-bond donors (Lipinski definition) is 1. The number of fused-ring (bicyclic) bond motifs is 1. The molecule has 10 nitrogen and oxygen atoms in total. The van der Waals surface area contributed by atoms with E-state index < -0.39 is 44.8 Å². The van der Waals surface area contributed by atoms with Gasteiger partial charge in [0.15, 0.2) is 12.6 Å². The standard InChI is InChI=1S/C26H34NO9P/c1-4-32-37(29,33-5-2)36-26-22(27-18(3)28)24(30-16-19-12-8-6-9-13-19)23-21(34-26)17-31-25(35-23)20-14-10-7-11-15-20/h6-15,21-26H,4-5,16-17H2,1-3H3,(H,27,28)/t21-,22-,23-,24-,25?,26-/m1/s1. The lowest BCUT2D eigenvalue weighted by Gasteiger charge is -2.49. The Kier molecular flexibility index (Phi) is 9.86. The van der Waals surface area contributed by atoms with Gasteiger partial charge < -0.3 is 24.3 Å². The topological polar surface area (TPSA) is 111 Å². The van der Waals surface area contributed by atoms with E-state index in [1.165, 1.54) is 6.92 Å². The van der Waals surface area contributed by atoms with Gasteiger partial charge in [0.2, 0.25) is 5.91 Å². The Hall–Kier alpha value is -2.14. The molecule has 1 N–H and O–H groups in total. The average molecular weight is 536 g/mol. The van der Waals surface area contributed by atoms with Gasteiger partial charge in [-0.05, 0) is 19.4 Å². The van der Waals surface area contributed by atoms with E-state index in [0.717, 1.165) is 11.1 Å². The van der Waals surface area contributed by atoms with E-state index in [1.54, 1.807) is 13.8 Å². The van der Waals surface area contributed by atoms with Gasteiger partial charge in [0.25, 0.3) is 0 Å². The quantitative estimate of drug-likeness (QED) is 0.425. The van der Waals surface area contributed by atoms with Crippen molar-refractivity contribution in [2.75, 3.05) is 19.8 Å². The van der Waals surface area contributed by atoms with Crippen LogP contribution in [0.1, 0.15) is 38.2 Å². The number of amides is 1. The van der Waals surface area contributed by atoms with E-state index in [-0.39, 0.29) is 32.3 Å². The van der Waals surface area contributed by atoms with Crippen LogP contribution in [0.15, 0.2) is 60.7 Å². The number of phosphoric acid groups is 1. The van der Waals surface area contributed by atoms with Gasteiger partial charge in [-0.3, -0.25) is 18.4 Å². The fourth-order valence-corrected chi connectivity index (χ4v) is 5.60. The Morgan fingerprint density at radius 1 is 1.00 bits per heavy atom. The molecule has 0 saturated carbocycles. The summed E-state index contributed by atoms with van der Waals surface area (Å²) in [5.41, 5.74) is 1.78. The number of rotatable bonds is 11. The van der Waals surface area contributed by atoms with Gasteiger partial charge in [-0.1, -0.05) is 60.7 Å². The summed E-state index contributed by atoms with van der Waals surface area (Å²) in [6.45, 7) is 5.33. The highest BCUT2D eigenvalue weighted by atomic mass is 31.2. The van der Waals surface area contributed by atoms with Crippen molar-refractivity contribution in [1.29, 1.82) is 0 Å². The lowest BCUT2D eigenvalue weighted by Crippen LogP contribution is -2.67. The molecule has 2 fully saturated rings. The molecule has 0 radical (unpaired) electrons. The smallest absolute Gasteiger partial charge is 0.368 e. The zero-order chi connectivity index (χ0) is 26.3. The van der Waals surface area contributed by atoms with Crippen molar-refractivity contribution in [2.24, 2.45) is 0 Å². The fourth-order valence-electron chi connectivity index (χ4n) is 4.34. The van der Waals surface area contributed by atoms with Crippen molar-refractivity contribution in [3.63, 3.8) is 0 Å². The first-order chi connectivity index (χ1) is 17.9. The van der Waals surface area contributed by atoms with Crippen LogP contribution < -0.4 is 5.32 Å². The molecule has 4 rings (SSSR count). The maximum atomic E-state index is 13.2. The molecule has 11 heteroatoms. The molecular weight excluding hydrogens is 501 g/mol. The average Bonchev–Trinajstić information content (AvgIpc) is 2.89. The Morgan fingerprint density at radius 3 is 2.27 bits per heavy atom. The van der Waals surface area contributed by atoms with E-state index in [4.69, 9.17) is 32.5 Å². The van der Waals surface area contributed by atoms with Gasteiger partial charge in [0, 0.05) is 12.5 Å². The normalized spacial score (nSPS) is 27.9. The van der Waals surface area contributed by atoms with E-state index in [0.29, 0.717) is 0 Å². The van der Waals surface area contributed by atoms with Gasteiger partial charge in [0.05, 0.1) is 26.4 Å². The van der Waals surface area contributed by atoms with E-state index >= 15 is 0 Å². The van der Waals surface area contributed by atoms with Crippen LogP contribution in [0.3, 0.4) is 0 Å². The minimum atomic E-state index is -3.99. The summed E-state index contributed by atoms with van der Waals surface area (Å²) in [6.07, 6.45) is -3.86. The van der Waals surface area contributed by atoms with Crippen molar-refractivity contribution < 1.29 is 41.9 Å². The second-order valence-corrected chi connectivity index (χ2v) is 10.2. The molecule has 37 heavy (non-hydrogen) atoms. The Morgan fingerprint density at radius 2 is 1.65 bits per heavy atom. The number of nitrogens with one attached hydrogen (secondary N) is 1. The molecule has 2 aromatic carbocycles. The van der Waals surface area contributed by atoms with Crippen LogP contribution in [-0.4, -0.2) is 56.4 Å². The second kappa shape index (κ2) is 13.1. The molecular formula is C26H34NO9P. The van der Waals surface area contributed by atoms with Crippen molar-refractivity contribution in [2.45, 2.75) is 64.3 Å². The van der Waals surface area contributed by atoms with E-state index in [9.17, 15) is 9.36 Å². The molecule has 2 saturated heterocycles. The Labute approximate surface area is 217 Å². The number of phosphoric ester groups is 1. The zero-order valence-corrected chi connectivity index (χ0v) is 22.1. The molecule has 2 aliphatic rings. The molecule has 2 aromatic rings. The zero-order valence-electron chi connectivity index (χ0n) is 21.2. The highest BCUT2D eigenvalue weighted by Crippen LogP contribution is 2.52. The summed E-state index contributed by atoms with van der Waals surface area (Å²) < 4.78 is 54.5. The predicted octanol–water partition coefficient (Wildman–Crippen LogP) is 4.11. The van der Waals surface area contributed by atoms with Crippen molar-refractivity contribution in [1.82, 2.24) is 5.32 Å². The number of hydrogen-bond acceptors (Lipinski definition) is 9. The number of carbonyl (C=O) groups is 1. The first kappa shape index (κ1) is 27.9. The van der Waals surface area contributed by atoms with Gasteiger partial charge in [-0.2, -0.15) is 0 Å². The van der Waals surface area contributed by atoms with Crippen LogP contribution in [0.4, 0.5) is 0 Å². The van der Waals surface area contributed by atoms with Crippen molar-refractivity contribution >= 4 is 13.7 Å². The summed E-state index contributed by atoms with van der Waals surface area (Å²) in [5.74, 6) is -0.344. The summed E-state index contributed by atoms with van der Waals surface area (Å²) in [4.78, 5) is 12.3. The summed E-state index contributed by atoms with van der Waals surface area (Å²) in [7, 11) is -3.99. The molecule has 0 bridgehead atoms. The summed E-state index contributed by atoms with van der Waals surface area (Å²) >= 11 is 0. The lowest BCUT2D eigenvalue weighted by atomic mass is 9.95. The van der Waals surface area contributed by atoms with Crippen LogP contribution in [0.5, 0.6) is 0 Å². The molecule has 0 aromatic heterocycles.